The Morgan fingerprint density at radius 2 is 1.81 bits per heavy atom. The summed E-state index contributed by atoms with van der Waals surface area (Å²) in [5, 5.41) is 4.03. The second-order valence-corrected chi connectivity index (χ2v) is 10.9. The first-order valence-corrected chi connectivity index (χ1v) is 11.8. The predicted molar refractivity (Wildman–Crippen MR) is 113 cm³/mol. The van der Waals surface area contributed by atoms with E-state index in [9.17, 15) is 13.2 Å². The first-order chi connectivity index (χ1) is 14.8. The quantitative estimate of drug-likeness (QED) is 0.619. The maximum absolute atomic E-state index is 13.0. The highest BCUT2D eigenvalue weighted by Crippen LogP contribution is 2.50. The molecule has 0 bridgehead atoms. The van der Waals surface area contributed by atoms with Crippen molar-refractivity contribution in [3.63, 3.8) is 0 Å². The number of hydrogen-bond donors (Lipinski definition) is 0. The number of rotatable bonds is 3. The molecule has 2 aromatic heterocycles. The Morgan fingerprint density at radius 1 is 1.13 bits per heavy atom. The number of carbonyl (C=O) groups is 1. The fourth-order valence-electron chi connectivity index (χ4n) is 4.74. The van der Waals surface area contributed by atoms with Crippen LogP contribution in [0.1, 0.15) is 39.7 Å². The number of hydrogen-bond acceptors (Lipinski definition) is 7. The summed E-state index contributed by atoms with van der Waals surface area (Å²) in [7, 11) is -3.40. The Balaban J connectivity index is 1.42. The number of aromatic nitrogens is 3. The van der Waals surface area contributed by atoms with Crippen molar-refractivity contribution in [1.82, 2.24) is 20.0 Å². The summed E-state index contributed by atoms with van der Waals surface area (Å²) in [6, 6.07) is 9.20. The molecule has 2 aliphatic rings. The van der Waals surface area contributed by atoms with Crippen molar-refractivity contribution in [2.75, 3.05) is 18.8 Å². The van der Waals surface area contributed by atoms with Gasteiger partial charge in [-0.15, -0.1) is 0 Å². The average molecular weight is 439 g/mol. The average Bonchev–Trinajstić information content (AvgIpc) is 3.28. The lowest BCUT2D eigenvalue weighted by Gasteiger charge is -2.49. The van der Waals surface area contributed by atoms with Gasteiger partial charge in [-0.3, -0.25) is 9.78 Å². The molecule has 2 aliphatic heterocycles. The van der Waals surface area contributed by atoms with E-state index in [2.05, 4.69) is 15.1 Å². The van der Waals surface area contributed by atoms with Gasteiger partial charge in [-0.1, -0.05) is 22.3 Å². The van der Waals surface area contributed by atoms with E-state index in [0.717, 1.165) is 16.7 Å². The summed E-state index contributed by atoms with van der Waals surface area (Å²) in [6.45, 7) is 4.15. The Kier molecular flexibility index (Phi) is 4.47. The molecule has 2 fully saturated rings. The van der Waals surface area contributed by atoms with Gasteiger partial charge in [0.1, 0.15) is 4.75 Å². The Morgan fingerprint density at radius 3 is 2.48 bits per heavy atom. The minimum Gasteiger partial charge on any atom is -0.339 e. The van der Waals surface area contributed by atoms with E-state index in [-0.39, 0.29) is 24.7 Å². The normalized spacial score (nSPS) is 21.2. The van der Waals surface area contributed by atoms with Crippen LogP contribution in [0.3, 0.4) is 0 Å². The Bertz CT molecular complexity index is 1240. The summed E-state index contributed by atoms with van der Waals surface area (Å²) >= 11 is 0. The Hall–Kier alpha value is -3.07. The lowest BCUT2D eigenvalue weighted by atomic mass is 9.82. The van der Waals surface area contributed by atoms with Crippen LogP contribution in [0.25, 0.3) is 11.4 Å². The number of aryl methyl sites for hydroxylation is 2. The van der Waals surface area contributed by atoms with Gasteiger partial charge in [-0.05, 0) is 44.5 Å². The minimum atomic E-state index is -3.40. The molecule has 0 radical (unpaired) electrons. The lowest BCUT2D eigenvalue weighted by molar-refractivity contribution is 0.0504. The van der Waals surface area contributed by atoms with Gasteiger partial charge in [0.2, 0.25) is 11.7 Å². The van der Waals surface area contributed by atoms with Crippen LogP contribution in [-0.2, 0) is 9.84 Å². The number of sulfone groups is 1. The molecule has 160 valence electrons. The molecule has 2 saturated heterocycles. The third-order valence-electron chi connectivity index (χ3n) is 6.28. The molecule has 1 atom stereocenters. The summed E-state index contributed by atoms with van der Waals surface area (Å²) in [5.74, 6) is 0.187. The van der Waals surface area contributed by atoms with Crippen molar-refractivity contribution in [3.8, 4) is 11.4 Å². The van der Waals surface area contributed by atoms with E-state index in [4.69, 9.17) is 4.52 Å². The van der Waals surface area contributed by atoms with Crippen LogP contribution < -0.4 is 0 Å². The van der Waals surface area contributed by atoms with E-state index in [1.54, 1.807) is 29.4 Å². The third kappa shape index (κ3) is 3.15. The van der Waals surface area contributed by atoms with E-state index in [1.807, 2.05) is 32.0 Å². The highest BCUT2D eigenvalue weighted by atomic mass is 32.2. The highest BCUT2D eigenvalue weighted by molar-refractivity contribution is 7.93. The van der Waals surface area contributed by atoms with Crippen LogP contribution >= 0.6 is 0 Å². The van der Waals surface area contributed by atoms with Crippen LogP contribution in [0.5, 0.6) is 0 Å². The molecule has 1 unspecified atom stereocenters. The maximum Gasteiger partial charge on any atom is 0.253 e. The van der Waals surface area contributed by atoms with Gasteiger partial charge >= 0.3 is 0 Å². The molecule has 4 heterocycles. The zero-order chi connectivity index (χ0) is 21.8. The summed E-state index contributed by atoms with van der Waals surface area (Å²) in [5.41, 5.74) is 3.33. The molecule has 3 aromatic rings. The van der Waals surface area contributed by atoms with Crippen LogP contribution in [0.2, 0.25) is 0 Å². The SMILES string of the molecule is Cc1cc(C)cc(C(=O)N2CC3(C2)C(c2nc(-c4ccncc4)no2)CCS3(=O)=O)c1. The van der Waals surface area contributed by atoms with E-state index in [1.165, 1.54) is 0 Å². The van der Waals surface area contributed by atoms with Crippen LogP contribution in [0.4, 0.5) is 0 Å². The topological polar surface area (TPSA) is 106 Å². The molecule has 1 aromatic carbocycles. The molecule has 31 heavy (non-hydrogen) atoms. The van der Waals surface area contributed by atoms with Crippen molar-refractivity contribution in [3.05, 3.63) is 65.3 Å². The molecule has 9 heteroatoms. The number of pyridine rings is 1. The first kappa shape index (κ1) is 19.9. The number of amides is 1. The van der Waals surface area contributed by atoms with Crippen LogP contribution in [-0.4, -0.2) is 57.9 Å². The first-order valence-electron chi connectivity index (χ1n) is 10.1. The third-order valence-corrected chi connectivity index (χ3v) is 8.84. The van der Waals surface area contributed by atoms with Crippen molar-refractivity contribution in [2.24, 2.45) is 0 Å². The van der Waals surface area contributed by atoms with Crippen molar-refractivity contribution in [1.29, 1.82) is 0 Å². The number of carbonyl (C=O) groups excluding carboxylic acids is 1. The lowest BCUT2D eigenvalue weighted by Crippen LogP contribution is -2.67. The molecule has 5 rings (SSSR count). The second kappa shape index (κ2) is 6.98. The molecule has 1 amide bonds. The Labute approximate surface area is 180 Å². The fraction of sp³-hybridized carbons (Fsp3) is 0.364. The maximum atomic E-state index is 13.0. The van der Waals surface area contributed by atoms with Gasteiger partial charge < -0.3 is 9.42 Å². The van der Waals surface area contributed by atoms with Gasteiger partial charge in [0.05, 0.1) is 11.7 Å². The zero-order valence-electron chi connectivity index (χ0n) is 17.3. The largest absolute Gasteiger partial charge is 0.339 e. The van der Waals surface area contributed by atoms with E-state index >= 15 is 0 Å². The standard InChI is InChI=1S/C22H22N4O4S/c1-14-9-15(2)11-17(10-14)21(27)26-12-22(13-26)18(5-8-31(22,28)29)20-24-19(25-30-20)16-3-6-23-7-4-16/h3-4,6-7,9-11,18H,5,8,12-13H2,1-2H3. The summed E-state index contributed by atoms with van der Waals surface area (Å²) < 4.78 is 30.4. The fourth-order valence-corrected chi connectivity index (χ4v) is 7.05. The van der Waals surface area contributed by atoms with Crippen molar-refractivity contribution in [2.45, 2.75) is 30.9 Å². The van der Waals surface area contributed by atoms with E-state index in [0.29, 0.717) is 23.7 Å². The van der Waals surface area contributed by atoms with Gasteiger partial charge in [-0.25, -0.2) is 8.42 Å². The highest BCUT2D eigenvalue weighted by Gasteiger charge is 2.64. The van der Waals surface area contributed by atoms with Crippen molar-refractivity contribution < 1.29 is 17.7 Å². The van der Waals surface area contributed by atoms with Gasteiger partial charge in [-0.2, -0.15) is 4.98 Å². The number of nitrogens with zero attached hydrogens (tertiary/aromatic N) is 4. The number of benzene rings is 1. The summed E-state index contributed by atoms with van der Waals surface area (Å²) in [4.78, 5) is 23.1. The number of likely N-dealkylation sites (tertiary alicyclic amines) is 1. The molecular weight excluding hydrogens is 416 g/mol. The molecule has 0 saturated carbocycles. The van der Waals surface area contributed by atoms with Gasteiger partial charge in [0, 0.05) is 36.6 Å². The molecule has 0 aliphatic carbocycles. The minimum absolute atomic E-state index is 0.0518. The molecular formula is C22H22N4O4S. The van der Waals surface area contributed by atoms with Gasteiger partial charge in [0.25, 0.3) is 5.91 Å². The molecule has 8 nitrogen and oxygen atoms in total. The zero-order valence-corrected chi connectivity index (χ0v) is 18.1. The van der Waals surface area contributed by atoms with Crippen LogP contribution in [0.15, 0.2) is 47.2 Å². The smallest absolute Gasteiger partial charge is 0.253 e. The second-order valence-electron chi connectivity index (χ2n) is 8.45. The van der Waals surface area contributed by atoms with Crippen molar-refractivity contribution >= 4 is 15.7 Å². The van der Waals surface area contributed by atoms with Gasteiger partial charge in [0.15, 0.2) is 9.84 Å². The molecule has 0 N–H and O–H groups in total. The molecule has 1 spiro atoms. The monoisotopic (exact) mass is 438 g/mol. The summed E-state index contributed by atoms with van der Waals surface area (Å²) in [6.07, 6.45) is 3.68. The van der Waals surface area contributed by atoms with E-state index < -0.39 is 20.5 Å². The van der Waals surface area contributed by atoms with Crippen LogP contribution in [0, 0.1) is 13.8 Å². The predicted octanol–water partition coefficient (Wildman–Crippen LogP) is 2.55.